The summed E-state index contributed by atoms with van der Waals surface area (Å²) in [6, 6.07) is -0.0219. The smallest absolute Gasteiger partial charge is 0.338 e. The SMILES string of the molecule is CON(C(C)C)[C@@H]1O[C@H]2C(OC(=O)[C@H]2O)[C@@H]1O. The molecule has 2 N–H and O–H groups in total. The van der Waals surface area contributed by atoms with E-state index in [9.17, 15) is 15.0 Å². The Kier molecular flexibility index (Phi) is 3.37. The van der Waals surface area contributed by atoms with Crippen LogP contribution >= 0.6 is 0 Å². The third-order valence-electron chi connectivity index (χ3n) is 3.02. The van der Waals surface area contributed by atoms with E-state index in [2.05, 4.69) is 0 Å². The van der Waals surface area contributed by atoms with Crippen molar-refractivity contribution >= 4 is 5.97 Å². The van der Waals surface area contributed by atoms with Crippen molar-refractivity contribution in [1.29, 1.82) is 0 Å². The van der Waals surface area contributed by atoms with E-state index in [0.29, 0.717) is 0 Å². The molecule has 2 heterocycles. The lowest BCUT2D eigenvalue weighted by atomic mass is 10.1. The molecule has 7 heteroatoms. The molecule has 0 spiro atoms. The van der Waals surface area contributed by atoms with Crippen molar-refractivity contribution in [2.75, 3.05) is 7.11 Å². The highest BCUT2D eigenvalue weighted by atomic mass is 16.7. The number of carbonyl (C=O) groups excluding carboxylic acids is 1. The van der Waals surface area contributed by atoms with Gasteiger partial charge in [-0.05, 0) is 13.8 Å². The van der Waals surface area contributed by atoms with Crippen molar-refractivity contribution in [3.63, 3.8) is 0 Å². The summed E-state index contributed by atoms with van der Waals surface area (Å²) in [5, 5.41) is 21.0. The van der Waals surface area contributed by atoms with Gasteiger partial charge in [-0.2, -0.15) is 5.06 Å². The van der Waals surface area contributed by atoms with E-state index in [1.165, 1.54) is 12.2 Å². The Morgan fingerprint density at radius 1 is 1.35 bits per heavy atom. The van der Waals surface area contributed by atoms with E-state index >= 15 is 0 Å². The molecule has 2 saturated heterocycles. The first-order chi connectivity index (χ1) is 7.97. The highest BCUT2D eigenvalue weighted by Crippen LogP contribution is 2.34. The molecular formula is C10H17NO6. The van der Waals surface area contributed by atoms with Gasteiger partial charge in [-0.25, -0.2) is 4.79 Å². The first kappa shape index (κ1) is 12.7. The minimum Gasteiger partial charge on any atom is -0.455 e. The van der Waals surface area contributed by atoms with Crippen LogP contribution in [0, 0.1) is 0 Å². The Balaban J connectivity index is 2.13. The Labute approximate surface area is 98.8 Å². The van der Waals surface area contributed by atoms with Crippen LogP contribution in [-0.2, 0) is 19.1 Å². The number of ether oxygens (including phenoxy) is 2. The van der Waals surface area contributed by atoms with Gasteiger partial charge >= 0.3 is 5.97 Å². The van der Waals surface area contributed by atoms with E-state index in [1.54, 1.807) is 0 Å². The van der Waals surface area contributed by atoms with Crippen molar-refractivity contribution in [2.24, 2.45) is 0 Å². The largest absolute Gasteiger partial charge is 0.455 e. The number of carbonyl (C=O) groups is 1. The average molecular weight is 247 g/mol. The predicted octanol–water partition coefficient (Wildman–Crippen LogP) is -1.37. The van der Waals surface area contributed by atoms with Crippen LogP contribution in [0.3, 0.4) is 0 Å². The molecule has 0 aliphatic carbocycles. The molecule has 2 aliphatic heterocycles. The van der Waals surface area contributed by atoms with Crippen LogP contribution in [0.5, 0.6) is 0 Å². The second-order valence-corrected chi connectivity index (χ2v) is 4.46. The molecule has 0 saturated carbocycles. The number of aliphatic hydroxyl groups is 2. The number of hydroxylamine groups is 2. The molecule has 2 rings (SSSR count). The lowest BCUT2D eigenvalue weighted by Gasteiger charge is -2.31. The molecule has 0 bridgehead atoms. The molecule has 0 aromatic carbocycles. The van der Waals surface area contributed by atoms with Crippen LogP contribution in [0.1, 0.15) is 13.8 Å². The van der Waals surface area contributed by atoms with Gasteiger partial charge in [0, 0.05) is 6.04 Å². The summed E-state index contributed by atoms with van der Waals surface area (Å²) in [5.41, 5.74) is 0. The summed E-state index contributed by atoms with van der Waals surface area (Å²) < 4.78 is 10.3. The fourth-order valence-electron chi connectivity index (χ4n) is 2.22. The number of hydrogen-bond donors (Lipinski definition) is 2. The summed E-state index contributed by atoms with van der Waals surface area (Å²) in [6.45, 7) is 3.74. The summed E-state index contributed by atoms with van der Waals surface area (Å²) in [6.07, 6.45) is -4.80. The van der Waals surface area contributed by atoms with E-state index in [0.717, 1.165) is 0 Å². The first-order valence-electron chi connectivity index (χ1n) is 5.52. The van der Waals surface area contributed by atoms with Gasteiger partial charge in [0.25, 0.3) is 0 Å². The standard InChI is InChI=1S/C10H17NO6/c1-4(2)11(15-3)9-5(12)7-8(16-9)6(13)10(14)17-7/h4-9,12-13H,1-3H3/t5-,6-,7?,8+,9+/m0/s1. The van der Waals surface area contributed by atoms with E-state index < -0.39 is 36.6 Å². The zero-order valence-corrected chi connectivity index (χ0v) is 9.94. The normalized spacial score (nSPS) is 41.1. The second-order valence-electron chi connectivity index (χ2n) is 4.46. The van der Waals surface area contributed by atoms with Gasteiger partial charge in [-0.3, -0.25) is 4.84 Å². The predicted molar refractivity (Wildman–Crippen MR) is 54.5 cm³/mol. The minimum atomic E-state index is -1.34. The van der Waals surface area contributed by atoms with E-state index in [1.807, 2.05) is 13.8 Å². The van der Waals surface area contributed by atoms with Gasteiger partial charge in [0.1, 0.15) is 12.2 Å². The maximum Gasteiger partial charge on any atom is 0.338 e. The number of hydrogen-bond acceptors (Lipinski definition) is 7. The van der Waals surface area contributed by atoms with Crippen LogP contribution in [0.4, 0.5) is 0 Å². The molecular weight excluding hydrogens is 230 g/mol. The highest BCUT2D eigenvalue weighted by molar-refractivity contribution is 5.78. The summed E-state index contributed by atoms with van der Waals surface area (Å²) in [5.74, 6) is -0.758. The number of fused-ring (bicyclic) bond motifs is 1. The molecule has 0 aromatic rings. The van der Waals surface area contributed by atoms with Gasteiger partial charge < -0.3 is 19.7 Å². The zero-order valence-electron chi connectivity index (χ0n) is 9.94. The van der Waals surface area contributed by atoms with Crippen molar-refractivity contribution in [3.05, 3.63) is 0 Å². The van der Waals surface area contributed by atoms with Crippen LogP contribution in [0.15, 0.2) is 0 Å². The topological polar surface area (TPSA) is 88.5 Å². The summed E-state index contributed by atoms with van der Waals surface area (Å²) in [4.78, 5) is 16.2. The van der Waals surface area contributed by atoms with Crippen LogP contribution in [0.2, 0.25) is 0 Å². The molecule has 7 nitrogen and oxygen atoms in total. The molecule has 2 aliphatic rings. The van der Waals surface area contributed by atoms with Gasteiger partial charge in [-0.1, -0.05) is 0 Å². The van der Waals surface area contributed by atoms with Gasteiger partial charge in [0.15, 0.2) is 18.4 Å². The molecule has 0 aromatic heterocycles. The molecule has 98 valence electrons. The van der Waals surface area contributed by atoms with Crippen LogP contribution in [0.25, 0.3) is 0 Å². The maximum atomic E-state index is 11.1. The molecule has 5 atom stereocenters. The molecule has 1 unspecified atom stereocenters. The Bertz CT molecular complexity index is 309. The van der Waals surface area contributed by atoms with Crippen molar-refractivity contribution in [2.45, 2.75) is 50.5 Å². The maximum absolute atomic E-state index is 11.1. The van der Waals surface area contributed by atoms with E-state index in [4.69, 9.17) is 14.3 Å². The highest BCUT2D eigenvalue weighted by Gasteiger charge is 2.58. The monoisotopic (exact) mass is 247 g/mol. The van der Waals surface area contributed by atoms with Crippen molar-refractivity contribution in [3.8, 4) is 0 Å². The third-order valence-corrected chi connectivity index (χ3v) is 3.02. The van der Waals surface area contributed by atoms with Gasteiger partial charge in [0.05, 0.1) is 7.11 Å². The van der Waals surface area contributed by atoms with Gasteiger partial charge in [-0.15, -0.1) is 0 Å². The number of rotatable bonds is 3. The second kappa shape index (κ2) is 4.51. The average Bonchev–Trinajstić information content (AvgIpc) is 2.71. The van der Waals surface area contributed by atoms with Crippen molar-refractivity contribution in [1.82, 2.24) is 5.06 Å². The quantitative estimate of drug-likeness (QED) is 0.470. The molecule has 0 amide bonds. The van der Waals surface area contributed by atoms with Crippen LogP contribution < -0.4 is 0 Å². The fourth-order valence-corrected chi connectivity index (χ4v) is 2.22. The Morgan fingerprint density at radius 3 is 2.47 bits per heavy atom. The first-order valence-corrected chi connectivity index (χ1v) is 5.52. The summed E-state index contributed by atoms with van der Waals surface area (Å²) in [7, 11) is 1.46. The van der Waals surface area contributed by atoms with Crippen LogP contribution in [-0.4, -0.2) is 65.0 Å². The Morgan fingerprint density at radius 2 is 2.00 bits per heavy atom. The van der Waals surface area contributed by atoms with E-state index in [-0.39, 0.29) is 6.04 Å². The summed E-state index contributed by atoms with van der Waals surface area (Å²) >= 11 is 0. The molecule has 0 radical (unpaired) electrons. The molecule has 17 heavy (non-hydrogen) atoms. The van der Waals surface area contributed by atoms with Gasteiger partial charge in [0.2, 0.25) is 0 Å². The number of aliphatic hydroxyl groups excluding tert-OH is 2. The fraction of sp³-hybridized carbons (Fsp3) is 0.900. The van der Waals surface area contributed by atoms with Crippen molar-refractivity contribution < 1.29 is 29.3 Å². The lowest BCUT2D eigenvalue weighted by Crippen LogP contribution is -2.47. The Hall–Kier alpha value is -0.730. The zero-order chi connectivity index (χ0) is 12.7. The number of nitrogens with zero attached hydrogens (tertiary/aromatic N) is 1. The lowest BCUT2D eigenvalue weighted by molar-refractivity contribution is -0.268. The third kappa shape index (κ3) is 1.94. The minimum absolute atomic E-state index is 0.0219. The molecule has 2 fully saturated rings. The number of esters is 1.